The molecule has 24 heavy (non-hydrogen) atoms. The maximum atomic E-state index is 12.5. The van der Waals surface area contributed by atoms with Crippen LogP contribution in [0.15, 0.2) is 24.3 Å². The highest BCUT2D eigenvalue weighted by molar-refractivity contribution is 5.81. The Labute approximate surface area is 144 Å². The first-order valence-electron chi connectivity index (χ1n) is 8.97. The van der Waals surface area contributed by atoms with Crippen molar-refractivity contribution in [3.63, 3.8) is 0 Å². The zero-order chi connectivity index (χ0) is 16.9. The molecule has 5 nitrogen and oxygen atoms in total. The van der Waals surface area contributed by atoms with E-state index in [1.54, 1.807) is 0 Å². The molecule has 1 N–H and O–H groups in total. The van der Waals surface area contributed by atoms with Crippen LogP contribution >= 0.6 is 0 Å². The number of amides is 2. The van der Waals surface area contributed by atoms with Crippen LogP contribution in [-0.4, -0.2) is 60.9 Å². The predicted molar refractivity (Wildman–Crippen MR) is 93.6 cm³/mol. The van der Waals surface area contributed by atoms with E-state index in [4.69, 9.17) is 0 Å². The van der Waals surface area contributed by atoms with Crippen LogP contribution in [0.5, 0.6) is 0 Å². The normalized spacial score (nSPS) is 21.6. The molecule has 1 aromatic carbocycles. The summed E-state index contributed by atoms with van der Waals surface area (Å²) in [5.41, 5.74) is 2.25. The van der Waals surface area contributed by atoms with Crippen molar-refractivity contribution in [2.24, 2.45) is 5.92 Å². The smallest absolute Gasteiger partial charge is 0.227 e. The van der Waals surface area contributed by atoms with Gasteiger partial charge >= 0.3 is 0 Å². The van der Waals surface area contributed by atoms with E-state index in [1.165, 1.54) is 0 Å². The lowest BCUT2D eigenvalue weighted by Crippen LogP contribution is -2.53. The molecule has 130 valence electrons. The topological polar surface area (TPSA) is 52.7 Å². The van der Waals surface area contributed by atoms with Crippen LogP contribution in [0.3, 0.4) is 0 Å². The van der Waals surface area contributed by atoms with Crippen LogP contribution in [0, 0.1) is 12.8 Å². The maximum absolute atomic E-state index is 12.5. The lowest BCUT2D eigenvalue weighted by Gasteiger charge is -2.37. The minimum Gasteiger partial charge on any atom is -0.339 e. The first-order valence-corrected chi connectivity index (χ1v) is 8.97. The summed E-state index contributed by atoms with van der Waals surface area (Å²) < 4.78 is 0. The van der Waals surface area contributed by atoms with Gasteiger partial charge in [0, 0.05) is 32.7 Å². The van der Waals surface area contributed by atoms with Crippen molar-refractivity contribution in [1.82, 2.24) is 15.1 Å². The molecule has 0 aromatic heterocycles. The molecule has 1 unspecified atom stereocenters. The second-order valence-electron chi connectivity index (χ2n) is 6.85. The Bertz CT molecular complexity index is 588. The van der Waals surface area contributed by atoms with Crippen LogP contribution in [0.2, 0.25) is 0 Å². The summed E-state index contributed by atoms with van der Waals surface area (Å²) in [6, 6.07) is 8.03. The number of nitrogens with one attached hydrogen (secondary N) is 1. The van der Waals surface area contributed by atoms with Gasteiger partial charge in [-0.25, -0.2) is 0 Å². The Hall–Kier alpha value is -1.88. The fourth-order valence-corrected chi connectivity index (χ4v) is 3.58. The van der Waals surface area contributed by atoms with Crippen molar-refractivity contribution in [3.8, 4) is 0 Å². The highest BCUT2D eigenvalue weighted by atomic mass is 16.2. The molecular weight excluding hydrogens is 302 g/mol. The minimum absolute atomic E-state index is 0.118. The second kappa shape index (κ2) is 7.79. The molecule has 2 aliphatic rings. The molecule has 2 amide bonds. The summed E-state index contributed by atoms with van der Waals surface area (Å²) >= 11 is 0. The van der Waals surface area contributed by atoms with E-state index in [1.807, 2.05) is 41.0 Å². The molecule has 5 heteroatoms. The van der Waals surface area contributed by atoms with Gasteiger partial charge in [-0.3, -0.25) is 9.59 Å². The molecule has 0 spiro atoms. The number of carbonyl (C=O) groups excluding carboxylic acids is 2. The quantitative estimate of drug-likeness (QED) is 0.907. The van der Waals surface area contributed by atoms with Gasteiger partial charge in [-0.05, 0) is 37.4 Å². The van der Waals surface area contributed by atoms with E-state index in [0.717, 1.165) is 37.1 Å². The number of aryl methyl sites for hydroxylation is 1. The Morgan fingerprint density at radius 1 is 1.12 bits per heavy atom. The fraction of sp³-hybridized carbons (Fsp3) is 0.579. The van der Waals surface area contributed by atoms with E-state index >= 15 is 0 Å². The Balaban J connectivity index is 1.50. The van der Waals surface area contributed by atoms with Crippen LogP contribution in [-0.2, 0) is 16.0 Å². The van der Waals surface area contributed by atoms with Crippen molar-refractivity contribution in [3.05, 3.63) is 35.4 Å². The SMILES string of the molecule is Cc1ccccc1CC(=O)N1CCN(C(=O)C2CCCNC2)CC1. The molecule has 2 saturated heterocycles. The summed E-state index contributed by atoms with van der Waals surface area (Å²) in [6.45, 7) is 6.48. The molecule has 3 rings (SSSR count). The number of piperazine rings is 1. The third-order valence-corrected chi connectivity index (χ3v) is 5.19. The van der Waals surface area contributed by atoms with Gasteiger partial charge in [0.2, 0.25) is 11.8 Å². The number of carbonyl (C=O) groups is 2. The number of nitrogens with zero attached hydrogens (tertiary/aromatic N) is 2. The third kappa shape index (κ3) is 3.96. The van der Waals surface area contributed by atoms with E-state index in [9.17, 15) is 9.59 Å². The Morgan fingerprint density at radius 2 is 1.83 bits per heavy atom. The highest BCUT2D eigenvalue weighted by Crippen LogP contribution is 2.16. The standard InChI is InChI=1S/C19H27N3O2/c1-15-5-2-3-6-16(15)13-18(23)21-9-11-22(12-10-21)19(24)17-7-4-8-20-14-17/h2-3,5-6,17,20H,4,7-14H2,1H3. The van der Waals surface area contributed by atoms with Gasteiger partial charge in [-0.1, -0.05) is 24.3 Å². The molecule has 0 bridgehead atoms. The summed E-state index contributed by atoms with van der Waals surface area (Å²) in [7, 11) is 0. The fourth-order valence-electron chi connectivity index (χ4n) is 3.58. The highest BCUT2D eigenvalue weighted by Gasteiger charge is 2.29. The summed E-state index contributed by atoms with van der Waals surface area (Å²) in [5.74, 6) is 0.539. The molecule has 2 aliphatic heterocycles. The Morgan fingerprint density at radius 3 is 2.50 bits per heavy atom. The van der Waals surface area contributed by atoms with Crippen molar-refractivity contribution in [1.29, 1.82) is 0 Å². The molecule has 1 aromatic rings. The van der Waals surface area contributed by atoms with Gasteiger partial charge in [-0.15, -0.1) is 0 Å². The number of hydrogen-bond acceptors (Lipinski definition) is 3. The van der Waals surface area contributed by atoms with E-state index in [0.29, 0.717) is 32.6 Å². The minimum atomic E-state index is 0.118. The van der Waals surface area contributed by atoms with E-state index in [2.05, 4.69) is 5.32 Å². The van der Waals surface area contributed by atoms with Gasteiger partial charge in [-0.2, -0.15) is 0 Å². The van der Waals surface area contributed by atoms with E-state index < -0.39 is 0 Å². The van der Waals surface area contributed by atoms with Crippen LogP contribution in [0.4, 0.5) is 0 Å². The maximum Gasteiger partial charge on any atom is 0.227 e. The van der Waals surface area contributed by atoms with Gasteiger partial charge in [0.1, 0.15) is 0 Å². The molecule has 2 heterocycles. The van der Waals surface area contributed by atoms with Gasteiger partial charge in [0.15, 0.2) is 0 Å². The zero-order valence-corrected chi connectivity index (χ0v) is 14.5. The predicted octanol–water partition coefficient (Wildman–Crippen LogP) is 1.21. The first kappa shape index (κ1) is 17.0. The first-order chi connectivity index (χ1) is 11.6. The average molecular weight is 329 g/mol. The van der Waals surface area contributed by atoms with Crippen molar-refractivity contribution in [2.75, 3.05) is 39.3 Å². The number of piperidine rings is 1. The number of hydrogen-bond donors (Lipinski definition) is 1. The van der Waals surface area contributed by atoms with E-state index in [-0.39, 0.29) is 17.7 Å². The molecule has 0 aliphatic carbocycles. The molecule has 2 fully saturated rings. The molecule has 1 atom stereocenters. The largest absolute Gasteiger partial charge is 0.339 e. The molecule has 0 saturated carbocycles. The van der Waals surface area contributed by atoms with Crippen LogP contribution < -0.4 is 5.32 Å². The summed E-state index contributed by atoms with van der Waals surface area (Å²) in [5, 5.41) is 3.30. The molecular formula is C19H27N3O2. The zero-order valence-electron chi connectivity index (χ0n) is 14.5. The lowest BCUT2D eigenvalue weighted by atomic mass is 9.98. The van der Waals surface area contributed by atoms with Crippen LogP contribution in [0.1, 0.15) is 24.0 Å². The lowest BCUT2D eigenvalue weighted by molar-refractivity contribution is -0.142. The van der Waals surface area contributed by atoms with Crippen molar-refractivity contribution >= 4 is 11.8 Å². The third-order valence-electron chi connectivity index (χ3n) is 5.19. The molecule has 0 radical (unpaired) electrons. The number of rotatable bonds is 3. The van der Waals surface area contributed by atoms with Gasteiger partial charge < -0.3 is 15.1 Å². The van der Waals surface area contributed by atoms with Crippen molar-refractivity contribution in [2.45, 2.75) is 26.2 Å². The monoisotopic (exact) mass is 329 g/mol. The van der Waals surface area contributed by atoms with Crippen molar-refractivity contribution < 1.29 is 9.59 Å². The van der Waals surface area contributed by atoms with Gasteiger partial charge in [0.25, 0.3) is 0 Å². The Kier molecular flexibility index (Phi) is 5.51. The summed E-state index contributed by atoms with van der Waals surface area (Å²) in [4.78, 5) is 28.9. The average Bonchev–Trinajstić information content (AvgIpc) is 2.64. The van der Waals surface area contributed by atoms with Gasteiger partial charge in [0.05, 0.1) is 12.3 Å². The number of benzene rings is 1. The second-order valence-corrected chi connectivity index (χ2v) is 6.85. The summed E-state index contributed by atoms with van der Waals surface area (Å²) in [6.07, 6.45) is 2.51. The van der Waals surface area contributed by atoms with Crippen LogP contribution in [0.25, 0.3) is 0 Å².